The van der Waals surface area contributed by atoms with E-state index in [0.717, 1.165) is 6.08 Å². The molecule has 0 aromatic carbocycles. The largest absolute Gasteiger partial charge is 0.459 e. The van der Waals surface area contributed by atoms with Crippen LogP contribution in [0.25, 0.3) is 0 Å². The van der Waals surface area contributed by atoms with Gasteiger partial charge in [-0.25, -0.2) is 4.79 Å². The van der Waals surface area contributed by atoms with Gasteiger partial charge in [-0.2, -0.15) is 0 Å². The Morgan fingerprint density at radius 1 is 1.73 bits per heavy atom. The van der Waals surface area contributed by atoms with E-state index < -0.39 is 11.6 Å². The van der Waals surface area contributed by atoms with Crippen molar-refractivity contribution in [2.24, 2.45) is 11.5 Å². The van der Waals surface area contributed by atoms with Crippen LogP contribution in [-0.2, 0) is 9.53 Å². The van der Waals surface area contributed by atoms with Gasteiger partial charge in [-0.15, -0.1) is 0 Å². The molecule has 0 heterocycles. The second kappa shape index (κ2) is 4.10. The Hall–Kier alpha value is -0.870. The van der Waals surface area contributed by atoms with E-state index in [1.54, 1.807) is 0 Å². The lowest BCUT2D eigenvalue weighted by Crippen LogP contribution is -2.53. The molecule has 0 spiro atoms. The summed E-state index contributed by atoms with van der Waals surface area (Å²) < 4.78 is 4.64. The third-order valence-electron chi connectivity index (χ3n) is 1.31. The summed E-state index contributed by atoms with van der Waals surface area (Å²) >= 11 is 0. The number of hydrogen-bond acceptors (Lipinski definition) is 4. The Kier molecular flexibility index (Phi) is 3.78. The molecule has 0 saturated heterocycles. The van der Waals surface area contributed by atoms with Gasteiger partial charge in [-0.3, -0.25) is 0 Å². The van der Waals surface area contributed by atoms with E-state index in [0.29, 0.717) is 6.42 Å². The molecule has 0 saturated carbocycles. The van der Waals surface area contributed by atoms with Crippen LogP contribution in [0.5, 0.6) is 0 Å². The first-order chi connectivity index (χ1) is 5.02. The molecule has 0 bridgehead atoms. The molecule has 0 atom stereocenters. The van der Waals surface area contributed by atoms with Crippen molar-refractivity contribution < 1.29 is 9.53 Å². The first-order valence-electron chi connectivity index (χ1n) is 3.39. The zero-order valence-corrected chi connectivity index (χ0v) is 6.67. The fourth-order valence-corrected chi connectivity index (χ4v) is 0.366. The van der Waals surface area contributed by atoms with Crippen LogP contribution < -0.4 is 11.5 Å². The lowest BCUT2D eigenvalue weighted by molar-refractivity contribution is -0.139. The fraction of sp³-hybridized carbons (Fsp3) is 0.571. The van der Waals surface area contributed by atoms with Crippen LogP contribution in [0, 0.1) is 0 Å². The molecule has 0 rings (SSSR count). The fourth-order valence-electron chi connectivity index (χ4n) is 0.366. The molecule has 4 nitrogen and oxygen atoms in total. The van der Waals surface area contributed by atoms with Gasteiger partial charge < -0.3 is 16.2 Å². The summed E-state index contributed by atoms with van der Waals surface area (Å²) in [6.07, 6.45) is 1.63. The van der Waals surface area contributed by atoms with Crippen LogP contribution in [-0.4, -0.2) is 18.2 Å². The van der Waals surface area contributed by atoms with Crippen molar-refractivity contribution in [2.75, 3.05) is 6.61 Å². The predicted molar refractivity (Wildman–Crippen MR) is 42.6 cm³/mol. The number of esters is 1. The minimum Gasteiger partial charge on any atom is -0.459 e. The Morgan fingerprint density at radius 2 is 2.27 bits per heavy atom. The van der Waals surface area contributed by atoms with Crippen LogP contribution >= 0.6 is 0 Å². The van der Waals surface area contributed by atoms with Gasteiger partial charge in [0.25, 0.3) is 0 Å². The van der Waals surface area contributed by atoms with Gasteiger partial charge in [-0.1, -0.05) is 13.5 Å². The Labute approximate surface area is 66.2 Å². The first kappa shape index (κ1) is 10.1. The van der Waals surface area contributed by atoms with Crippen molar-refractivity contribution in [3.8, 4) is 0 Å². The normalized spacial score (nSPS) is 10.8. The molecule has 0 aliphatic heterocycles. The van der Waals surface area contributed by atoms with E-state index in [2.05, 4.69) is 11.3 Å². The molecule has 0 radical (unpaired) electrons. The number of carbonyl (C=O) groups is 1. The van der Waals surface area contributed by atoms with Crippen LogP contribution in [0.1, 0.15) is 13.3 Å². The molecule has 0 aromatic heterocycles. The quantitative estimate of drug-likeness (QED) is 0.335. The third-order valence-corrected chi connectivity index (χ3v) is 1.31. The van der Waals surface area contributed by atoms with Gasteiger partial charge in [-0.05, 0) is 6.42 Å². The van der Waals surface area contributed by atoms with E-state index in [9.17, 15) is 4.79 Å². The molecule has 4 N–H and O–H groups in total. The number of nitrogens with two attached hydrogens (primary N) is 2. The molecule has 0 amide bonds. The number of ether oxygens (including phenoxy) is 1. The van der Waals surface area contributed by atoms with E-state index >= 15 is 0 Å². The molecule has 11 heavy (non-hydrogen) atoms. The van der Waals surface area contributed by atoms with Crippen molar-refractivity contribution in [1.29, 1.82) is 0 Å². The Morgan fingerprint density at radius 3 is 2.64 bits per heavy atom. The maximum absolute atomic E-state index is 10.5. The van der Waals surface area contributed by atoms with E-state index in [1.165, 1.54) is 0 Å². The minimum atomic E-state index is -0.918. The third kappa shape index (κ3) is 4.52. The number of carbonyl (C=O) groups excluding carboxylic acids is 1. The second-order valence-corrected chi connectivity index (χ2v) is 2.40. The molecular formula is C7H14N2O2. The highest BCUT2D eigenvalue weighted by Crippen LogP contribution is 1.97. The zero-order chi connectivity index (χ0) is 8.91. The number of rotatable bonds is 4. The molecule has 0 aliphatic rings. The van der Waals surface area contributed by atoms with Crippen molar-refractivity contribution in [2.45, 2.75) is 19.0 Å². The van der Waals surface area contributed by atoms with Gasteiger partial charge >= 0.3 is 5.97 Å². The highest BCUT2D eigenvalue weighted by Gasteiger charge is 2.17. The molecule has 0 unspecified atom stereocenters. The average molecular weight is 158 g/mol. The SMILES string of the molecule is C=CC(=O)OCC(N)(N)CC. The Balaban J connectivity index is 3.69. The molecule has 0 aromatic rings. The molecule has 64 valence electrons. The van der Waals surface area contributed by atoms with Gasteiger partial charge in [0.05, 0.1) is 5.66 Å². The lowest BCUT2D eigenvalue weighted by Gasteiger charge is -2.21. The Bertz CT molecular complexity index is 155. The zero-order valence-electron chi connectivity index (χ0n) is 6.67. The maximum Gasteiger partial charge on any atom is 0.330 e. The molecule has 0 aliphatic carbocycles. The standard InChI is InChI=1S/C7H14N2O2/c1-3-6(10)11-5-7(8,9)4-2/h3H,1,4-5,8-9H2,2H3. The highest BCUT2D eigenvalue weighted by atomic mass is 16.5. The van der Waals surface area contributed by atoms with Gasteiger partial charge in [0.15, 0.2) is 0 Å². The van der Waals surface area contributed by atoms with Gasteiger partial charge in [0.2, 0.25) is 0 Å². The smallest absolute Gasteiger partial charge is 0.330 e. The van der Waals surface area contributed by atoms with Gasteiger partial charge in [0.1, 0.15) is 6.61 Å². The summed E-state index contributed by atoms with van der Waals surface area (Å²) in [5.74, 6) is -0.501. The summed E-state index contributed by atoms with van der Waals surface area (Å²) in [5, 5.41) is 0. The van der Waals surface area contributed by atoms with Crippen LogP contribution in [0.4, 0.5) is 0 Å². The van der Waals surface area contributed by atoms with Gasteiger partial charge in [0, 0.05) is 6.08 Å². The van der Waals surface area contributed by atoms with Crippen LogP contribution in [0.3, 0.4) is 0 Å². The van der Waals surface area contributed by atoms with Crippen molar-refractivity contribution in [3.63, 3.8) is 0 Å². The lowest BCUT2D eigenvalue weighted by atomic mass is 10.1. The van der Waals surface area contributed by atoms with Crippen molar-refractivity contribution in [3.05, 3.63) is 12.7 Å². The van der Waals surface area contributed by atoms with Crippen molar-refractivity contribution >= 4 is 5.97 Å². The predicted octanol–water partition coefficient (Wildman–Crippen LogP) is -0.261. The van der Waals surface area contributed by atoms with Crippen molar-refractivity contribution in [1.82, 2.24) is 0 Å². The van der Waals surface area contributed by atoms with Crippen LogP contribution in [0.2, 0.25) is 0 Å². The minimum absolute atomic E-state index is 0.0222. The first-order valence-corrected chi connectivity index (χ1v) is 3.39. The average Bonchev–Trinajstić information content (AvgIpc) is 2.00. The monoisotopic (exact) mass is 158 g/mol. The highest BCUT2D eigenvalue weighted by molar-refractivity contribution is 5.81. The number of hydrogen-bond donors (Lipinski definition) is 2. The van der Waals surface area contributed by atoms with Crippen LogP contribution in [0.15, 0.2) is 12.7 Å². The summed E-state index contributed by atoms with van der Waals surface area (Å²) in [4.78, 5) is 10.5. The summed E-state index contributed by atoms with van der Waals surface area (Å²) in [5.41, 5.74) is 10.1. The molecular weight excluding hydrogens is 144 g/mol. The summed E-state index contributed by atoms with van der Waals surface area (Å²) in [7, 11) is 0. The second-order valence-electron chi connectivity index (χ2n) is 2.40. The topological polar surface area (TPSA) is 78.3 Å². The molecule has 4 heteroatoms. The maximum atomic E-state index is 10.5. The summed E-state index contributed by atoms with van der Waals surface area (Å²) in [6.45, 7) is 5.07. The molecule has 0 fully saturated rings. The van der Waals surface area contributed by atoms with E-state index in [-0.39, 0.29) is 6.61 Å². The summed E-state index contributed by atoms with van der Waals surface area (Å²) in [6, 6.07) is 0. The van der Waals surface area contributed by atoms with E-state index in [4.69, 9.17) is 11.5 Å². The van der Waals surface area contributed by atoms with E-state index in [1.807, 2.05) is 6.92 Å².